The zero-order chi connectivity index (χ0) is 15.9. The fourth-order valence-corrected chi connectivity index (χ4v) is 2.26. The van der Waals surface area contributed by atoms with Crippen LogP contribution in [0.1, 0.15) is 30.9 Å². The Hall–Kier alpha value is -1.91. The Bertz CT molecular complexity index is 645. The Morgan fingerprint density at radius 3 is 2.45 bits per heavy atom. The van der Waals surface area contributed by atoms with Gasteiger partial charge in [0, 0.05) is 31.5 Å². The SMILES string of the molecule is COCCNCc1ccc(-c2ccc(C(C)C)cc2)[nH]c1=O. The predicted molar refractivity (Wildman–Crippen MR) is 90.2 cm³/mol. The number of aromatic nitrogens is 1. The lowest BCUT2D eigenvalue weighted by molar-refractivity contribution is 0.199. The van der Waals surface area contributed by atoms with Gasteiger partial charge in [-0.15, -0.1) is 0 Å². The van der Waals surface area contributed by atoms with Crippen LogP contribution in [-0.4, -0.2) is 25.2 Å². The number of methoxy groups -OCH3 is 1. The first-order valence-electron chi connectivity index (χ1n) is 7.64. The molecule has 0 saturated heterocycles. The van der Waals surface area contributed by atoms with Crippen LogP contribution in [0.2, 0.25) is 0 Å². The van der Waals surface area contributed by atoms with Gasteiger partial charge in [0.15, 0.2) is 0 Å². The summed E-state index contributed by atoms with van der Waals surface area (Å²) in [6.45, 7) is 6.25. The molecule has 4 heteroatoms. The Kier molecular flexibility index (Phi) is 5.92. The van der Waals surface area contributed by atoms with Crippen LogP contribution in [0, 0.1) is 0 Å². The third-order valence-electron chi connectivity index (χ3n) is 3.68. The summed E-state index contributed by atoms with van der Waals surface area (Å²) in [6, 6.07) is 12.2. The fraction of sp³-hybridized carbons (Fsp3) is 0.389. The number of aromatic amines is 1. The molecule has 0 radical (unpaired) electrons. The van der Waals surface area contributed by atoms with Gasteiger partial charge in [0.05, 0.1) is 6.61 Å². The zero-order valence-corrected chi connectivity index (χ0v) is 13.5. The van der Waals surface area contributed by atoms with Crippen molar-refractivity contribution >= 4 is 0 Å². The topological polar surface area (TPSA) is 54.1 Å². The van der Waals surface area contributed by atoms with Crippen molar-refractivity contribution < 1.29 is 4.74 Å². The van der Waals surface area contributed by atoms with E-state index in [9.17, 15) is 4.79 Å². The Morgan fingerprint density at radius 2 is 1.86 bits per heavy atom. The molecular formula is C18H24N2O2. The lowest BCUT2D eigenvalue weighted by Crippen LogP contribution is -2.23. The number of H-pyrrole nitrogens is 1. The van der Waals surface area contributed by atoms with E-state index in [2.05, 4.69) is 48.4 Å². The molecule has 4 nitrogen and oxygen atoms in total. The number of hydrogen-bond donors (Lipinski definition) is 2. The number of hydrogen-bond acceptors (Lipinski definition) is 3. The van der Waals surface area contributed by atoms with Crippen molar-refractivity contribution in [3.05, 3.63) is 57.9 Å². The molecule has 0 aliphatic rings. The van der Waals surface area contributed by atoms with Gasteiger partial charge >= 0.3 is 0 Å². The number of ether oxygens (including phenoxy) is 1. The Labute approximate surface area is 131 Å². The molecule has 0 aliphatic heterocycles. The molecule has 0 amide bonds. The average Bonchev–Trinajstić information content (AvgIpc) is 2.53. The predicted octanol–water partition coefficient (Wildman–Crippen LogP) is 2.90. The Morgan fingerprint density at radius 1 is 1.14 bits per heavy atom. The molecule has 0 bridgehead atoms. The van der Waals surface area contributed by atoms with Crippen LogP contribution in [0.3, 0.4) is 0 Å². The molecule has 0 atom stereocenters. The molecule has 1 heterocycles. The molecule has 1 aromatic carbocycles. The third kappa shape index (κ3) is 4.29. The second kappa shape index (κ2) is 7.92. The molecule has 0 aliphatic carbocycles. The molecule has 2 N–H and O–H groups in total. The van der Waals surface area contributed by atoms with E-state index in [1.54, 1.807) is 7.11 Å². The van der Waals surface area contributed by atoms with Gasteiger partial charge in [-0.3, -0.25) is 4.79 Å². The van der Waals surface area contributed by atoms with Crippen LogP contribution in [0.4, 0.5) is 0 Å². The standard InChI is InChI=1S/C18H24N2O2/c1-13(2)14-4-6-15(7-5-14)17-9-8-16(18(21)20-17)12-19-10-11-22-3/h4-9,13,19H,10-12H2,1-3H3,(H,20,21). The third-order valence-corrected chi connectivity index (χ3v) is 3.68. The van der Waals surface area contributed by atoms with E-state index in [1.807, 2.05) is 12.1 Å². The van der Waals surface area contributed by atoms with Crippen molar-refractivity contribution in [3.63, 3.8) is 0 Å². The lowest BCUT2D eigenvalue weighted by atomic mass is 10.0. The van der Waals surface area contributed by atoms with Crippen molar-refractivity contribution in [1.82, 2.24) is 10.3 Å². The lowest BCUT2D eigenvalue weighted by Gasteiger charge is -2.08. The smallest absolute Gasteiger partial charge is 0.252 e. The minimum absolute atomic E-state index is 0.0460. The van der Waals surface area contributed by atoms with Gasteiger partial charge in [-0.2, -0.15) is 0 Å². The highest BCUT2D eigenvalue weighted by molar-refractivity contribution is 5.59. The summed E-state index contributed by atoms with van der Waals surface area (Å²) in [5.41, 5.74) is 3.86. The van der Waals surface area contributed by atoms with Crippen molar-refractivity contribution in [1.29, 1.82) is 0 Å². The molecule has 2 aromatic rings. The number of pyridine rings is 1. The highest BCUT2D eigenvalue weighted by Gasteiger charge is 2.04. The quantitative estimate of drug-likeness (QED) is 0.773. The van der Waals surface area contributed by atoms with E-state index in [0.29, 0.717) is 19.1 Å². The summed E-state index contributed by atoms with van der Waals surface area (Å²) >= 11 is 0. The molecule has 1 aromatic heterocycles. The molecule has 118 valence electrons. The zero-order valence-electron chi connectivity index (χ0n) is 13.5. The van der Waals surface area contributed by atoms with E-state index < -0.39 is 0 Å². The van der Waals surface area contributed by atoms with Gasteiger partial charge in [-0.1, -0.05) is 44.2 Å². The van der Waals surface area contributed by atoms with Gasteiger partial charge in [0.2, 0.25) is 0 Å². The minimum atomic E-state index is -0.0460. The number of benzene rings is 1. The van der Waals surface area contributed by atoms with E-state index in [1.165, 1.54) is 5.56 Å². The van der Waals surface area contributed by atoms with Crippen LogP contribution in [0.25, 0.3) is 11.3 Å². The summed E-state index contributed by atoms with van der Waals surface area (Å²) in [4.78, 5) is 15.1. The van der Waals surface area contributed by atoms with Crippen molar-refractivity contribution in [2.24, 2.45) is 0 Å². The first-order valence-corrected chi connectivity index (χ1v) is 7.64. The van der Waals surface area contributed by atoms with Crippen LogP contribution in [0.5, 0.6) is 0 Å². The second-order valence-corrected chi connectivity index (χ2v) is 5.67. The first kappa shape index (κ1) is 16.5. The molecule has 0 unspecified atom stereocenters. The minimum Gasteiger partial charge on any atom is -0.383 e. The van der Waals surface area contributed by atoms with Crippen LogP contribution < -0.4 is 10.9 Å². The van der Waals surface area contributed by atoms with Gasteiger partial charge in [0.1, 0.15) is 0 Å². The molecular weight excluding hydrogens is 276 g/mol. The van der Waals surface area contributed by atoms with Crippen molar-refractivity contribution in [2.45, 2.75) is 26.3 Å². The molecule has 2 rings (SSSR count). The van der Waals surface area contributed by atoms with Crippen molar-refractivity contribution in [2.75, 3.05) is 20.3 Å². The van der Waals surface area contributed by atoms with Crippen LogP contribution >= 0.6 is 0 Å². The number of rotatable bonds is 7. The average molecular weight is 300 g/mol. The maximum absolute atomic E-state index is 12.1. The molecule has 0 fully saturated rings. The Balaban J connectivity index is 2.10. The fourth-order valence-electron chi connectivity index (χ4n) is 2.26. The molecule has 0 spiro atoms. The van der Waals surface area contributed by atoms with Crippen LogP contribution in [0.15, 0.2) is 41.2 Å². The van der Waals surface area contributed by atoms with Gasteiger partial charge < -0.3 is 15.0 Å². The highest BCUT2D eigenvalue weighted by Crippen LogP contribution is 2.20. The molecule has 0 saturated carbocycles. The van der Waals surface area contributed by atoms with Crippen LogP contribution in [-0.2, 0) is 11.3 Å². The summed E-state index contributed by atoms with van der Waals surface area (Å²) in [5, 5.41) is 3.18. The van der Waals surface area contributed by atoms with E-state index in [0.717, 1.165) is 23.4 Å². The van der Waals surface area contributed by atoms with E-state index in [-0.39, 0.29) is 5.56 Å². The summed E-state index contributed by atoms with van der Waals surface area (Å²) in [7, 11) is 1.66. The van der Waals surface area contributed by atoms with E-state index >= 15 is 0 Å². The second-order valence-electron chi connectivity index (χ2n) is 5.67. The van der Waals surface area contributed by atoms with Gasteiger partial charge in [-0.05, 0) is 23.1 Å². The van der Waals surface area contributed by atoms with Crippen molar-refractivity contribution in [3.8, 4) is 11.3 Å². The van der Waals surface area contributed by atoms with Gasteiger partial charge in [-0.25, -0.2) is 0 Å². The monoisotopic (exact) mass is 300 g/mol. The van der Waals surface area contributed by atoms with E-state index in [4.69, 9.17) is 4.74 Å². The maximum atomic E-state index is 12.1. The summed E-state index contributed by atoms with van der Waals surface area (Å²) < 4.78 is 4.96. The first-order chi connectivity index (χ1) is 10.6. The summed E-state index contributed by atoms with van der Waals surface area (Å²) in [6.07, 6.45) is 0. The summed E-state index contributed by atoms with van der Waals surface area (Å²) in [5.74, 6) is 0.508. The highest BCUT2D eigenvalue weighted by atomic mass is 16.5. The normalized spacial score (nSPS) is 11.1. The maximum Gasteiger partial charge on any atom is 0.252 e. The largest absolute Gasteiger partial charge is 0.383 e. The molecule has 22 heavy (non-hydrogen) atoms. The number of nitrogens with one attached hydrogen (secondary N) is 2. The van der Waals surface area contributed by atoms with Gasteiger partial charge in [0.25, 0.3) is 5.56 Å².